The van der Waals surface area contributed by atoms with Gasteiger partial charge in [0.2, 0.25) is 10.0 Å². The van der Waals surface area contributed by atoms with Crippen molar-refractivity contribution in [3.63, 3.8) is 0 Å². The fraction of sp³-hybridized carbons (Fsp3) is 0.250. The summed E-state index contributed by atoms with van der Waals surface area (Å²) in [6.45, 7) is 2.98. The zero-order valence-electron chi connectivity index (χ0n) is 15.8. The molecule has 0 saturated carbocycles. The summed E-state index contributed by atoms with van der Waals surface area (Å²) >= 11 is 0. The molecule has 2 rings (SSSR count). The number of carbonyl (C=O) groups is 1. The first kappa shape index (κ1) is 22.5. The Hall–Kier alpha value is -2.75. The van der Waals surface area contributed by atoms with Gasteiger partial charge in [0.25, 0.3) is 0 Å². The Kier molecular flexibility index (Phi) is 7.89. The van der Waals surface area contributed by atoms with Gasteiger partial charge in [0.05, 0.1) is 4.90 Å². The number of esters is 1. The van der Waals surface area contributed by atoms with Gasteiger partial charge in [0.1, 0.15) is 30.0 Å². The van der Waals surface area contributed by atoms with Crippen molar-refractivity contribution in [1.82, 2.24) is 4.31 Å². The van der Waals surface area contributed by atoms with Gasteiger partial charge in [-0.05, 0) is 55.0 Å². The molecule has 156 valence electrons. The molecule has 0 fully saturated rings. The lowest BCUT2D eigenvalue weighted by Gasteiger charge is -2.25. The van der Waals surface area contributed by atoms with Crippen LogP contribution in [-0.2, 0) is 19.6 Å². The Morgan fingerprint density at radius 2 is 1.72 bits per heavy atom. The topological polar surface area (TPSA) is 93.1 Å². The summed E-state index contributed by atoms with van der Waals surface area (Å²) < 4.78 is 50.0. The zero-order valence-corrected chi connectivity index (χ0v) is 16.6. The van der Waals surface area contributed by atoms with Crippen LogP contribution in [0.5, 0.6) is 11.5 Å². The van der Waals surface area contributed by atoms with Crippen molar-refractivity contribution in [2.45, 2.75) is 17.4 Å². The van der Waals surface area contributed by atoms with E-state index in [-0.39, 0.29) is 17.9 Å². The number of nitrogens with zero attached hydrogens (tertiary/aromatic N) is 1. The number of aliphatic hydroxyl groups excluding tert-OH is 1. The second-order valence-electron chi connectivity index (χ2n) is 6.00. The molecule has 0 aliphatic rings. The molecule has 0 spiro atoms. The smallest absolute Gasteiger partial charge is 0.324 e. The van der Waals surface area contributed by atoms with Crippen molar-refractivity contribution in [2.24, 2.45) is 0 Å². The molecule has 29 heavy (non-hydrogen) atoms. The molecule has 0 saturated heterocycles. The van der Waals surface area contributed by atoms with Crippen LogP contribution >= 0.6 is 0 Å². The van der Waals surface area contributed by atoms with E-state index in [9.17, 15) is 22.7 Å². The number of ether oxygens (including phenoxy) is 2. The van der Waals surface area contributed by atoms with E-state index in [0.717, 1.165) is 4.31 Å². The SMILES string of the molecule is C=CCOC(=O)C(CCO)N(C)S(=O)(=O)c1ccc(Oc2ccc(F)cc2)cc1. The highest BCUT2D eigenvalue weighted by Crippen LogP contribution is 2.25. The van der Waals surface area contributed by atoms with Crippen molar-refractivity contribution >= 4 is 16.0 Å². The molecule has 2 aromatic carbocycles. The lowest BCUT2D eigenvalue weighted by molar-refractivity contribution is -0.147. The molecule has 1 atom stereocenters. The first-order chi connectivity index (χ1) is 13.8. The van der Waals surface area contributed by atoms with E-state index in [0.29, 0.717) is 11.5 Å². The summed E-state index contributed by atoms with van der Waals surface area (Å²) in [5, 5.41) is 9.20. The molecule has 0 heterocycles. The van der Waals surface area contributed by atoms with E-state index < -0.39 is 34.5 Å². The van der Waals surface area contributed by atoms with Gasteiger partial charge >= 0.3 is 5.97 Å². The number of halogens is 1. The van der Waals surface area contributed by atoms with Crippen molar-refractivity contribution in [3.8, 4) is 11.5 Å². The van der Waals surface area contributed by atoms with Crippen LogP contribution in [0.1, 0.15) is 6.42 Å². The van der Waals surface area contributed by atoms with Crippen molar-refractivity contribution in [3.05, 3.63) is 67.0 Å². The number of likely N-dealkylation sites (N-methyl/N-ethyl adjacent to an activating group) is 1. The summed E-state index contributed by atoms with van der Waals surface area (Å²) in [6, 6.07) is 9.75. The quantitative estimate of drug-likeness (QED) is 0.467. The minimum absolute atomic E-state index is 0.0640. The third-order valence-corrected chi connectivity index (χ3v) is 5.89. The molecule has 0 aliphatic heterocycles. The highest BCUT2D eigenvalue weighted by Gasteiger charge is 2.33. The van der Waals surface area contributed by atoms with Crippen molar-refractivity contribution < 1.29 is 32.2 Å². The normalized spacial score (nSPS) is 12.4. The molecular weight excluding hydrogens is 401 g/mol. The van der Waals surface area contributed by atoms with Crippen LogP contribution < -0.4 is 4.74 Å². The highest BCUT2D eigenvalue weighted by atomic mass is 32.2. The van der Waals surface area contributed by atoms with Gasteiger partial charge in [0, 0.05) is 13.7 Å². The molecule has 9 heteroatoms. The molecule has 2 aromatic rings. The molecule has 1 unspecified atom stereocenters. The van der Waals surface area contributed by atoms with Crippen LogP contribution in [0.3, 0.4) is 0 Å². The number of aliphatic hydroxyl groups is 1. The van der Waals surface area contributed by atoms with E-state index in [1.165, 1.54) is 61.7 Å². The Balaban J connectivity index is 2.18. The summed E-state index contributed by atoms with van der Waals surface area (Å²) in [6.07, 6.45) is 1.25. The van der Waals surface area contributed by atoms with Gasteiger partial charge in [-0.15, -0.1) is 0 Å². The van der Waals surface area contributed by atoms with Crippen LogP contribution in [0.2, 0.25) is 0 Å². The van der Waals surface area contributed by atoms with Crippen molar-refractivity contribution in [2.75, 3.05) is 20.3 Å². The van der Waals surface area contributed by atoms with Crippen LogP contribution in [0, 0.1) is 5.82 Å². The largest absolute Gasteiger partial charge is 0.460 e. The second kappa shape index (κ2) is 10.1. The number of sulfonamides is 1. The Morgan fingerprint density at radius 3 is 2.24 bits per heavy atom. The molecule has 0 radical (unpaired) electrons. The van der Waals surface area contributed by atoms with Crippen molar-refractivity contribution in [1.29, 1.82) is 0 Å². The summed E-state index contributed by atoms with van der Waals surface area (Å²) in [4.78, 5) is 12.1. The summed E-state index contributed by atoms with van der Waals surface area (Å²) in [5.41, 5.74) is 0. The zero-order chi connectivity index (χ0) is 21.4. The van der Waals surface area contributed by atoms with Crippen LogP contribution in [0.15, 0.2) is 66.1 Å². The fourth-order valence-electron chi connectivity index (χ4n) is 2.46. The van der Waals surface area contributed by atoms with E-state index in [4.69, 9.17) is 9.47 Å². The monoisotopic (exact) mass is 423 g/mol. The maximum atomic E-state index is 13.0. The number of carbonyl (C=O) groups excluding carboxylic acids is 1. The van der Waals surface area contributed by atoms with Gasteiger partial charge in [-0.3, -0.25) is 4.79 Å². The Bertz CT molecular complexity index is 928. The lowest BCUT2D eigenvalue weighted by Crippen LogP contribution is -2.43. The average molecular weight is 423 g/mol. The predicted octanol–water partition coefficient (Wildman–Crippen LogP) is 2.72. The van der Waals surface area contributed by atoms with Gasteiger partial charge in [-0.1, -0.05) is 12.7 Å². The van der Waals surface area contributed by atoms with Gasteiger partial charge in [0.15, 0.2) is 0 Å². The third-order valence-electron chi connectivity index (χ3n) is 4.01. The molecule has 7 nitrogen and oxygen atoms in total. The number of hydrogen-bond donors (Lipinski definition) is 1. The first-order valence-electron chi connectivity index (χ1n) is 8.69. The summed E-state index contributed by atoms with van der Waals surface area (Å²) in [5.74, 6) is -0.422. The van der Waals surface area contributed by atoms with Crippen LogP contribution in [-0.4, -0.2) is 50.1 Å². The van der Waals surface area contributed by atoms with Crippen LogP contribution in [0.4, 0.5) is 4.39 Å². The van der Waals surface area contributed by atoms with E-state index >= 15 is 0 Å². The average Bonchev–Trinajstić information content (AvgIpc) is 2.71. The number of benzene rings is 2. The molecule has 0 aromatic heterocycles. The standard InChI is InChI=1S/C20H22FNO6S/c1-3-14-27-20(24)19(12-13-23)22(2)29(25,26)18-10-8-17(9-11-18)28-16-6-4-15(21)5-7-16/h3-11,19,23H,1,12-14H2,2H3. The molecule has 0 bridgehead atoms. The van der Waals surface area contributed by atoms with E-state index in [2.05, 4.69) is 6.58 Å². The number of hydrogen-bond acceptors (Lipinski definition) is 6. The minimum atomic E-state index is -4.04. The summed E-state index contributed by atoms with van der Waals surface area (Å²) in [7, 11) is -2.79. The third kappa shape index (κ3) is 5.86. The van der Waals surface area contributed by atoms with Gasteiger partial charge in [-0.25, -0.2) is 12.8 Å². The van der Waals surface area contributed by atoms with E-state index in [1.54, 1.807) is 0 Å². The Labute approximate surface area is 169 Å². The molecular formula is C20H22FNO6S. The Morgan fingerprint density at radius 1 is 1.17 bits per heavy atom. The van der Waals surface area contributed by atoms with Gasteiger partial charge in [-0.2, -0.15) is 4.31 Å². The minimum Gasteiger partial charge on any atom is -0.460 e. The second-order valence-corrected chi connectivity index (χ2v) is 7.99. The fourth-order valence-corrected chi connectivity index (χ4v) is 3.80. The number of rotatable bonds is 10. The molecule has 1 N–H and O–H groups in total. The maximum absolute atomic E-state index is 13.0. The highest BCUT2D eigenvalue weighted by molar-refractivity contribution is 7.89. The van der Waals surface area contributed by atoms with E-state index in [1.807, 2.05) is 0 Å². The van der Waals surface area contributed by atoms with Gasteiger partial charge < -0.3 is 14.6 Å². The molecule has 0 aliphatic carbocycles. The predicted molar refractivity (Wildman–Crippen MR) is 105 cm³/mol. The molecule has 0 amide bonds. The van der Waals surface area contributed by atoms with Crippen LogP contribution in [0.25, 0.3) is 0 Å². The maximum Gasteiger partial charge on any atom is 0.324 e. The first-order valence-corrected chi connectivity index (χ1v) is 10.1. The lowest BCUT2D eigenvalue weighted by atomic mass is 10.2.